The van der Waals surface area contributed by atoms with Gasteiger partial charge < -0.3 is 5.32 Å². The quantitative estimate of drug-likeness (QED) is 0.258. The van der Waals surface area contributed by atoms with Gasteiger partial charge in [0, 0.05) is 60.4 Å². The minimum atomic E-state index is -0.259. The molecule has 9 unspecified atom stereocenters. The maximum Gasteiger partial charge on any atom is 0.249 e. The molecule has 0 radical (unpaired) electrons. The van der Waals surface area contributed by atoms with E-state index in [0.29, 0.717) is 36.0 Å². The van der Waals surface area contributed by atoms with Crippen LogP contribution in [0.1, 0.15) is 44.9 Å². The normalized spacial score (nSPS) is 45.8. The summed E-state index contributed by atoms with van der Waals surface area (Å²) in [5, 5.41) is 16.9. The lowest BCUT2D eigenvalue weighted by Gasteiger charge is -2.54. The van der Waals surface area contributed by atoms with E-state index < -0.39 is 0 Å². The molecule has 3 heterocycles. The smallest absolute Gasteiger partial charge is 0.249 e. The molecule has 5 rings (SSSR count). The lowest BCUT2D eigenvalue weighted by atomic mass is 9.67. The summed E-state index contributed by atoms with van der Waals surface area (Å²) in [6.45, 7) is 4.42. The van der Waals surface area contributed by atoms with Crippen molar-refractivity contribution in [2.45, 2.75) is 79.3 Å². The average Bonchev–Trinajstić information content (AvgIpc) is 2.79. The zero-order valence-electron chi connectivity index (χ0n) is 19.1. The number of nitrogens with zero attached hydrogens (tertiary/aromatic N) is 2. The Balaban J connectivity index is 1.24. The number of hydrogen-bond acceptors (Lipinski definition) is 6. The zero-order valence-corrected chi connectivity index (χ0v) is 21.4. The fourth-order valence-electron chi connectivity index (χ4n) is 7.25. The maximum atomic E-state index is 11.7. The molecule has 0 aromatic heterocycles. The van der Waals surface area contributed by atoms with Crippen molar-refractivity contribution in [3.63, 3.8) is 0 Å². The second kappa shape index (κ2) is 10.6. The Bertz CT molecular complexity index is 699. The summed E-state index contributed by atoms with van der Waals surface area (Å²) in [6.07, 6.45) is 7.74. The Labute approximate surface area is 212 Å². The highest BCUT2D eigenvalue weighted by molar-refractivity contribution is 6.23. The highest BCUT2D eigenvalue weighted by Crippen LogP contribution is 2.47. The number of carbonyl (C=O) groups is 1. The minimum Gasteiger partial charge on any atom is -0.301 e. The van der Waals surface area contributed by atoms with Gasteiger partial charge in [0.25, 0.3) is 0 Å². The Hall–Kier alpha value is 0.140. The number of piperidine rings is 1. The summed E-state index contributed by atoms with van der Waals surface area (Å²) >= 11 is 20.4. The van der Waals surface area contributed by atoms with E-state index in [1.807, 2.05) is 0 Å². The van der Waals surface area contributed by atoms with Gasteiger partial charge in [-0.05, 0) is 63.3 Å². The molecule has 0 bridgehead atoms. The van der Waals surface area contributed by atoms with E-state index in [1.54, 1.807) is 5.48 Å². The third-order valence-electron chi connectivity index (χ3n) is 9.11. The van der Waals surface area contributed by atoms with Gasteiger partial charge in [-0.2, -0.15) is 0 Å². The Kier molecular flexibility index (Phi) is 8.00. The molecule has 0 aromatic carbocycles. The predicted octanol–water partition coefficient (Wildman–Crippen LogP) is 2.38. The van der Waals surface area contributed by atoms with Gasteiger partial charge >= 0.3 is 0 Å². The van der Waals surface area contributed by atoms with Crippen LogP contribution in [0.25, 0.3) is 0 Å². The molecule has 0 aromatic rings. The second-order valence-corrected chi connectivity index (χ2v) is 12.7. The van der Waals surface area contributed by atoms with E-state index in [0.717, 1.165) is 65.0 Å². The fraction of sp³-hybridized carbons (Fsp3) is 0.957. The lowest BCUT2D eigenvalue weighted by molar-refractivity contribution is -0.141. The second-order valence-electron chi connectivity index (χ2n) is 11.0. The molecule has 2 aliphatic carbocycles. The van der Waals surface area contributed by atoms with Gasteiger partial charge in [-0.1, -0.05) is 0 Å². The van der Waals surface area contributed by atoms with E-state index in [9.17, 15) is 4.79 Å². The van der Waals surface area contributed by atoms with Crippen LogP contribution in [0.3, 0.4) is 0 Å². The van der Waals surface area contributed by atoms with Crippen molar-refractivity contribution < 1.29 is 10.0 Å². The highest BCUT2D eigenvalue weighted by Gasteiger charge is 2.49. The summed E-state index contributed by atoms with van der Waals surface area (Å²) in [4.78, 5) is 16.7. The van der Waals surface area contributed by atoms with Crippen LogP contribution in [0.15, 0.2) is 0 Å². The minimum absolute atomic E-state index is 0.0868. The van der Waals surface area contributed by atoms with Crippen molar-refractivity contribution in [3.8, 4) is 0 Å². The number of halogens is 3. The molecule has 188 valence electrons. The number of likely N-dealkylation sites (tertiary alicyclic amines) is 2. The van der Waals surface area contributed by atoms with E-state index in [1.165, 1.54) is 12.8 Å². The first kappa shape index (κ1) is 24.8. The molecule has 2 saturated carbocycles. The number of hydrogen-bond donors (Lipinski definition) is 4. The van der Waals surface area contributed by atoms with Crippen LogP contribution in [0.5, 0.6) is 0 Å². The summed E-state index contributed by atoms with van der Waals surface area (Å²) in [5.74, 6) is 0.969. The molecule has 3 aliphatic heterocycles. The summed E-state index contributed by atoms with van der Waals surface area (Å²) in [7, 11) is 0. The Morgan fingerprint density at radius 1 is 0.879 bits per heavy atom. The molecule has 0 spiro atoms. The Morgan fingerprint density at radius 2 is 1.67 bits per heavy atom. The monoisotopic (exact) mass is 521 g/mol. The highest BCUT2D eigenvalue weighted by atomic mass is 35.5. The molecule has 7 nitrogen and oxygen atoms in total. The van der Waals surface area contributed by atoms with Crippen LogP contribution in [0.4, 0.5) is 0 Å². The molecule has 5 fully saturated rings. The standard InChI is InChI=1S/C23H38Cl3N5O2/c24-14-3-4-19(25)16(6-14)17-7-18-21(8-20(17)26)27-12-28-22(18)30-5-1-2-15(11-30)31-9-13(10-31)23(32)29-33/h13-22,27-28,33H,1-12H2,(H,29,32). The molecule has 4 N–H and O–H groups in total. The van der Waals surface area contributed by atoms with Crippen molar-refractivity contribution in [3.05, 3.63) is 0 Å². The van der Waals surface area contributed by atoms with Crippen molar-refractivity contribution in [2.24, 2.45) is 23.7 Å². The summed E-state index contributed by atoms with van der Waals surface area (Å²) in [5.41, 5.74) is 1.80. The van der Waals surface area contributed by atoms with E-state index in [4.69, 9.17) is 40.0 Å². The lowest BCUT2D eigenvalue weighted by Crippen LogP contribution is -2.69. The summed E-state index contributed by atoms with van der Waals surface area (Å²) in [6, 6.07) is 0.903. The third kappa shape index (κ3) is 5.17. The van der Waals surface area contributed by atoms with Crippen LogP contribution in [0, 0.1) is 23.7 Å². The van der Waals surface area contributed by atoms with Crippen LogP contribution < -0.4 is 16.1 Å². The van der Waals surface area contributed by atoms with Crippen LogP contribution in [-0.2, 0) is 4.79 Å². The molecule has 3 saturated heterocycles. The van der Waals surface area contributed by atoms with Gasteiger partial charge in [0.2, 0.25) is 5.91 Å². The topological polar surface area (TPSA) is 79.9 Å². The molecular weight excluding hydrogens is 485 g/mol. The number of hydroxylamine groups is 1. The van der Waals surface area contributed by atoms with Gasteiger partial charge in [-0.3, -0.25) is 25.1 Å². The van der Waals surface area contributed by atoms with Gasteiger partial charge in [0.15, 0.2) is 0 Å². The Morgan fingerprint density at radius 3 is 2.45 bits per heavy atom. The van der Waals surface area contributed by atoms with Gasteiger partial charge in [-0.15, -0.1) is 34.8 Å². The number of amides is 1. The van der Waals surface area contributed by atoms with Crippen molar-refractivity contribution >= 4 is 40.7 Å². The van der Waals surface area contributed by atoms with Gasteiger partial charge in [0.05, 0.1) is 12.1 Å². The van der Waals surface area contributed by atoms with Crippen LogP contribution in [0.2, 0.25) is 0 Å². The maximum absolute atomic E-state index is 11.7. The number of rotatable bonds is 4. The number of nitrogens with one attached hydrogen (secondary N) is 3. The van der Waals surface area contributed by atoms with E-state index in [2.05, 4.69) is 20.4 Å². The van der Waals surface area contributed by atoms with Crippen molar-refractivity contribution in [1.82, 2.24) is 25.9 Å². The summed E-state index contributed by atoms with van der Waals surface area (Å²) < 4.78 is 0. The van der Waals surface area contributed by atoms with Gasteiger partial charge in [-0.25, -0.2) is 5.48 Å². The largest absolute Gasteiger partial charge is 0.301 e. The molecule has 33 heavy (non-hydrogen) atoms. The molecule has 1 amide bonds. The first-order valence-electron chi connectivity index (χ1n) is 12.8. The molecular formula is C23H38Cl3N5O2. The van der Waals surface area contributed by atoms with E-state index >= 15 is 0 Å². The van der Waals surface area contributed by atoms with Crippen molar-refractivity contribution in [1.29, 1.82) is 0 Å². The zero-order chi connectivity index (χ0) is 23.1. The number of fused-ring (bicyclic) bond motifs is 1. The molecule has 9 atom stereocenters. The van der Waals surface area contributed by atoms with Gasteiger partial charge in [0.1, 0.15) is 0 Å². The van der Waals surface area contributed by atoms with Crippen molar-refractivity contribution in [2.75, 3.05) is 32.8 Å². The predicted molar refractivity (Wildman–Crippen MR) is 131 cm³/mol. The average molecular weight is 523 g/mol. The van der Waals surface area contributed by atoms with Crippen LogP contribution >= 0.6 is 34.8 Å². The van der Waals surface area contributed by atoms with E-state index in [-0.39, 0.29) is 28.0 Å². The molecule has 10 heteroatoms. The first-order chi connectivity index (χ1) is 15.9. The first-order valence-corrected chi connectivity index (χ1v) is 14.1. The van der Waals surface area contributed by atoms with Crippen LogP contribution in [-0.4, -0.2) is 88.1 Å². The fourth-order valence-corrected chi connectivity index (χ4v) is 8.48. The third-order valence-corrected chi connectivity index (χ3v) is 10.6. The number of carbonyl (C=O) groups excluding carboxylic acids is 1. The number of alkyl halides is 3. The molecule has 5 aliphatic rings. The SMILES string of the molecule is O=C(NO)C1CN(C2CCCN(C3NCNC4CC(Cl)C(C5CC(Cl)CCC5Cl)CC43)C2)C1.